The Morgan fingerprint density at radius 1 is 1.20 bits per heavy atom. The molecule has 0 bridgehead atoms. The number of benzene rings is 1. The lowest BCUT2D eigenvalue weighted by atomic mass is 9.74. The Morgan fingerprint density at radius 3 is 2.25 bits per heavy atom. The van der Waals surface area contributed by atoms with E-state index in [0.717, 1.165) is 23.5 Å². The highest BCUT2D eigenvalue weighted by molar-refractivity contribution is 9.09. The van der Waals surface area contributed by atoms with Gasteiger partial charge in [-0.05, 0) is 36.7 Å². The lowest BCUT2D eigenvalue weighted by Crippen LogP contribution is -2.37. The standard InChI is InChI=1S/C15H20Br2O2S/c1-12-2-4-13(5-3-12)8-15(10-16,11-17)14-6-7-20(18,19)9-14/h2-5,14H,6-11H2,1H3. The zero-order valence-corrected chi connectivity index (χ0v) is 15.6. The van der Waals surface area contributed by atoms with Gasteiger partial charge in [0.2, 0.25) is 0 Å². The smallest absolute Gasteiger partial charge is 0.150 e. The van der Waals surface area contributed by atoms with Gasteiger partial charge in [0.25, 0.3) is 0 Å². The van der Waals surface area contributed by atoms with Crippen LogP contribution in [0, 0.1) is 18.3 Å². The normalized spacial score (nSPS) is 22.1. The molecule has 1 aromatic carbocycles. The van der Waals surface area contributed by atoms with Crippen LogP contribution in [0.1, 0.15) is 17.5 Å². The fraction of sp³-hybridized carbons (Fsp3) is 0.600. The Labute approximate surface area is 138 Å². The molecule has 0 aromatic heterocycles. The van der Waals surface area contributed by atoms with Crippen molar-refractivity contribution in [2.24, 2.45) is 11.3 Å². The SMILES string of the molecule is Cc1ccc(CC(CBr)(CBr)C2CCS(=O)(=O)C2)cc1. The summed E-state index contributed by atoms with van der Waals surface area (Å²) in [7, 11) is -2.84. The molecular weight excluding hydrogens is 404 g/mol. The van der Waals surface area contributed by atoms with E-state index in [2.05, 4.69) is 63.0 Å². The number of rotatable bonds is 5. The zero-order chi connectivity index (χ0) is 14.8. The minimum Gasteiger partial charge on any atom is -0.229 e. The van der Waals surface area contributed by atoms with Crippen molar-refractivity contribution in [3.63, 3.8) is 0 Å². The van der Waals surface area contributed by atoms with Gasteiger partial charge in [0.05, 0.1) is 11.5 Å². The first-order chi connectivity index (χ1) is 9.41. The molecule has 0 aliphatic carbocycles. The molecule has 5 heteroatoms. The van der Waals surface area contributed by atoms with Crippen molar-refractivity contribution in [1.82, 2.24) is 0 Å². The van der Waals surface area contributed by atoms with Gasteiger partial charge in [0.1, 0.15) is 0 Å². The first-order valence-electron chi connectivity index (χ1n) is 6.79. The van der Waals surface area contributed by atoms with Crippen LogP contribution >= 0.6 is 31.9 Å². The quantitative estimate of drug-likeness (QED) is 0.675. The van der Waals surface area contributed by atoms with Gasteiger partial charge < -0.3 is 0 Å². The first-order valence-corrected chi connectivity index (χ1v) is 10.9. The van der Waals surface area contributed by atoms with Gasteiger partial charge in [0.15, 0.2) is 9.84 Å². The predicted octanol–water partition coefficient (Wildman–Crippen LogP) is 3.75. The Kier molecular flexibility index (Phi) is 5.35. The zero-order valence-electron chi connectivity index (χ0n) is 11.6. The van der Waals surface area contributed by atoms with Crippen molar-refractivity contribution >= 4 is 41.7 Å². The molecule has 0 N–H and O–H groups in total. The monoisotopic (exact) mass is 422 g/mol. The Morgan fingerprint density at radius 2 is 1.80 bits per heavy atom. The molecule has 1 aliphatic rings. The molecule has 0 radical (unpaired) electrons. The van der Waals surface area contributed by atoms with Crippen molar-refractivity contribution in [3.8, 4) is 0 Å². The second-order valence-electron chi connectivity index (χ2n) is 5.89. The van der Waals surface area contributed by atoms with Gasteiger partial charge in [-0.15, -0.1) is 0 Å². The molecule has 1 aromatic rings. The number of halogens is 2. The highest BCUT2D eigenvalue weighted by Gasteiger charge is 2.43. The van der Waals surface area contributed by atoms with Crippen LogP contribution in [-0.4, -0.2) is 30.6 Å². The van der Waals surface area contributed by atoms with E-state index in [1.165, 1.54) is 11.1 Å². The van der Waals surface area contributed by atoms with Crippen molar-refractivity contribution in [2.75, 3.05) is 22.2 Å². The topological polar surface area (TPSA) is 34.1 Å². The summed E-state index contributed by atoms with van der Waals surface area (Å²) in [5.74, 6) is 0.899. The van der Waals surface area contributed by atoms with Crippen LogP contribution in [0.5, 0.6) is 0 Å². The average molecular weight is 424 g/mol. The van der Waals surface area contributed by atoms with E-state index in [-0.39, 0.29) is 11.3 Å². The van der Waals surface area contributed by atoms with Crippen LogP contribution in [0.3, 0.4) is 0 Å². The second kappa shape index (κ2) is 6.49. The van der Waals surface area contributed by atoms with Crippen LogP contribution in [0.25, 0.3) is 0 Å². The molecule has 1 unspecified atom stereocenters. The Balaban J connectivity index is 2.23. The van der Waals surface area contributed by atoms with Gasteiger partial charge in [0, 0.05) is 10.7 Å². The minimum atomic E-state index is -2.84. The third kappa shape index (κ3) is 3.66. The molecule has 2 rings (SSSR count). The molecule has 1 heterocycles. The van der Waals surface area contributed by atoms with Crippen molar-refractivity contribution < 1.29 is 8.42 Å². The largest absolute Gasteiger partial charge is 0.229 e. The summed E-state index contributed by atoms with van der Waals surface area (Å²) in [6.07, 6.45) is 1.69. The van der Waals surface area contributed by atoms with Crippen molar-refractivity contribution in [2.45, 2.75) is 19.8 Å². The van der Waals surface area contributed by atoms with Gasteiger partial charge in [-0.1, -0.05) is 61.7 Å². The van der Waals surface area contributed by atoms with E-state index in [1.807, 2.05) is 0 Å². The molecule has 0 saturated carbocycles. The number of aryl methyl sites for hydroxylation is 1. The summed E-state index contributed by atoms with van der Waals surface area (Å²) in [4.78, 5) is 0. The summed E-state index contributed by atoms with van der Waals surface area (Å²) >= 11 is 7.26. The van der Waals surface area contributed by atoms with Gasteiger partial charge >= 0.3 is 0 Å². The van der Waals surface area contributed by atoms with Crippen LogP contribution in [0.4, 0.5) is 0 Å². The van der Waals surface area contributed by atoms with Crippen LogP contribution in [0.15, 0.2) is 24.3 Å². The Hall–Kier alpha value is 0.130. The summed E-state index contributed by atoms with van der Waals surface area (Å²) < 4.78 is 23.6. The maximum atomic E-state index is 11.8. The molecule has 1 aliphatic heterocycles. The highest BCUT2D eigenvalue weighted by Crippen LogP contribution is 2.41. The number of hydrogen-bond donors (Lipinski definition) is 0. The first kappa shape index (κ1) is 16.5. The minimum absolute atomic E-state index is 0.0289. The molecule has 1 atom stereocenters. The molecule has 112 valence electrons. The fourth-order valence-electron chi connectivity index (χ4n) is 2.88. The van der Waals surface area contributed by atoms with Crippen molar-refractivity contribution in [3.05, 3.63) is 35.4 Å². The van der Waals surface area contributed by atoms with Crippen LogP contribution in [-0.2, 0) is 16.3 Å². The highest BCUT2D eigenvalue weighted by atomic mass is 79.9. The van der Waals surface area contributed by atoms with Gasteiger partial charge in [-0.3, -0.25) is 0 Å². The second-order valence-corrected chi connectivity index (χ2v) is 9.24. The average Bonchev–Trinajstić information content (AvgIpc) is 2.79. The maximum absolute atomic E-state index is 11.8. The molecule has 2 nitrogen and oxygen atoms in total. The van der Waals surface area contributed by atoms with E-state index in [0.29, 0.717) is 11.5 Å². The molecular formula is C15H20Br2O2S. The molecule has 1 fully saturated rings. The summed E-state index contributed by atoms with van der Waals surface area (Å²) in [5, 5.41) is 1.64. The molecule has 0 spiro atoms. The van der Waals surface area contributed by atoms with E-state index < -0.39 is 9.84 Å². The molecule has 0 amide bonds. The number of sulfone groups is 1. The Bertz CT molecular complexity index is 548. The summed E-state index contributed by atoms with van der Waals surface area (Å²) in [5.41, 5.74) is 2.50. The van der Waals surface area contributed by atoms with E-state index in [9.17, 15) is 8.42 Å². The van der Waals surface area contributed by atoms with Gasteiger partial charge in [-0.2, -0.15) is 0 Å². The lowest BCUT2D eigenvalue weighted by Gasteiger charge is -2.36. The maximum Gasteiger partial charge on any atom is 0.150 e. The van der Waals surface area contributed by atoms with Crippen LogP contribution < -0.4 is 0 Å². The lowest BCUT2D eigenvalue weighted by molar-refractivity contribution is 0.253. The number of hydrogen-bond acceptors (Lipinski definition) is 2. The molecule has 1 saturated heterocycles. The van der Waals surface area contributed by atoms with Crippen molar-refractivity contribution in [1.29, 1.82) is 0 Å². The predicted molar refractivity (Wildman–Crippen MR) is 91.7 cm³/mol. The van der Waals surface area contributed by atoms with E-state index in [1.54, 1.807) is 0 Å². The van der Waals surface area contributed by atoms with E-state index in [4.69, 9.17) is 0 Å². The third-order valence-electron chi connectivity index (χ3n) is 4.31. The summed E-state index contributed by atoms with van der Waals surface area (Å²) in [6, 6.07) is 8.54. The summed E-state index contributed by atoms with van der Waals surface area (Å²) in [6.45, 7) is 2.08. The molecule has 20 heavy (non-hydrogen) atoms. The van der Waals surface area contributed by atoms with Crippen LogP contribution in [0.2, 0.25) is 0 Å². The van der Waals surface area contributed by atoms with Gasteiger partial charge in [-0.25, -0.2) is 8.42 Å². The fourth-order valence-corrected chi connectivity index (χ4v) is 7.07. The number of alkyl halides is 2. The third-order valence-corrected chi connectivity index (χ3v) is 8.31. The van der Waals surface area contributed by atoms with E-state index >= 15 is 0 Å².